The standard InChI is InChI=1S/C22H20N6O/c1-15-7-6-8-16(2)20(15)29-13-19-25-22-18-11-24-27(12-17-9-4-3-5-10-17)21(18)23-14-28(22)26-19/h3-11,14H,12-13H2,1-2H3. The van der Waals surface area contributed by atoms with Gasteiger partial charge in [-0.2, -0.15) is 5.10 Å². The lowest BCUT2D eigenvalue weighted by atomic mass is 10.1. The summed E-state index contributed by atoms with van der Waals surface area (Å²) in [6.07, 6.45) is 3.47. The number of rotatable bonds is 5. The third kappa shape index (κ3) is 3.20. The van der Waals surface area contributed by atoms with Crippen LogP contribution in [-0.2, 0) is 13.2 Å². The molecule has 0 aliphatic rings. The minimum atomic E-state index is 0.299. The van der Waals surface area contributed by atoms with Crippen molar-refractivity contribution in [3.05, 3.63) is 83.6 Å². The Labute approximate surface area is 167 Å². The molecule has 0 unspecified atom stereocenters. The lowest BCUT2D eigenvalue weighted by Gasteiger charge is -2.09. The molecule has 2 aromatic carbocycles. The van der Waals surface area contributed by atoms with Crippen molar-refractivity contribution < 1.29 is 4.74 Å². The Hall–Kier alpha value is -3.74. The monoisotopic (exact) mass is 384 g/mol. The molecule has 29 heavy (non-hydrogen) atoms. The Morgan fingerprint density at radius 2 is 1.72 bits per heavy atom. The summed E-state index contributed by atoms with van der Waals surface area (Å²) >= 11 is 0. The van der Waals surface area contributed by atoms with E-state index in [0.29, 0.717) is 19.0 Å². The van der Waals surface area contributed by atoms with Gasteiger partial charge in [-0.1, -0.05) is 48.5 Å². The fraction of sp³-hybridized carbons (Fsp3) is 0.182. The lowest BCUT2D eigenvalue weighted by molar-refractivity contribution is 0.292. The summed E-state index contributed by atoms with van der Waals surface area (Å²) in [5.41, 5.74) is 4.88. The first-order valence-corrected chi connectivity index (χ1v) is 9.48. The highest BCUT2D eigenvalue weighted by Crippen LogP contribution is 2.23. The zero-order valence-corrected chi connectivity index (χ0v) is 16.3. The van der Waals surface area contributed by atoms with Crippen LogP contribution in [0, 0.1) is 13.8 Å². The number of aryl methyl sites for hydroxylation is 2. The molecule has 7 heteroatoms. The Morgan fingerprint density at radius 1 is 0.931 bits per heavy atom. The van der Waals surface area contributed by atoms with Gasteiger partial charge in [-0.3, -0.25) is 0 Å². The smallest absolute Gasteiger partial charge is 0.189 e. The van der Waals surface area contributed by atoms with Crippen molar-refractivity contribution in [2.24, 2.45) is 0 Å². The van der Waals surface area contributed by atoms with Crippen LogP contribution in [0.1, 0.15) is 22.5 Å². The van der Waals surface area contributed by atoms with Crippen LogP contribution in [0.2, 0.25) is 0 Å². The van der Waals surface area contributed by atoms with Crippen molar-refractivity contribution in [2.75, 3.05) is 0 Å². The van der Waals surface area contributed by atoms with Crippen LogP contribution < -0.4 is 4.74 Å². The number of fused-ring (bicyclic) bond motifs is 3. The van der Waals surface area contributed by atoms with E-state index in [2.05, 4.69) is 32.3 Å². The molecule has 0 amide bonds. The maximum absolute atomic E-state index is 6.00. The first kappa shape index (κ1) is 17.4. The molecule has 0 atom stereocenters. The number of aromatic nitrogens is 6. The normalized spacial score (nSPS) is 11.4. The summed E-state index contributed by atoms with van der Waals surface area (Å²) in [6.45, 7) is 5.03. The number of ether oxygens (including phenoxy) is 1. The van der Waals surface area contributed by atoms with Crippen LogP contribution in [-0.4, -0.2) is 29.4 Å². The second-order valence-electron chi connectivity index (χ2n) is 7.08. The van der Waals surface area contributed by atoms with Gasteiger partial charge in [0.2, 0.25) is 0 Å². The quantitative estimate of drug-likeness (QED) is 0.462. The Bertz CT molecular complexity index is 1290. The van der Waals surface area contributed by atoms with Crippen molar-refractivity contribution >= 4 is 16.7 Å². The van der Waals surface area contributed by atoms with Crippen molar-refractivity contribution in [2.45, 2.75) is 27.0 Å². The van der Waals surface area contributed by atoms with Gasteiger partial charge in [0.05, 0.1) is 18.1 Å². The second-order valence-corrected chi connectivity index (χ2v) is 7.08. The lowest BCUT2D eigenvalue weighted by Crippen LogP contribution is -2.03. The first-order chi connectivity index (χ1) is 14.2. The number of para-hydroxylation sites is 1. The third-order valence-electron chi connectivity index (χ3n) is 4.95. The van der Waals surface area contributed by atoms with Gasteiger partial charge in [0, 0.05) is 0 Å². The molecule has 5 rings (SSSR count). The molecule has 3 heterocycles. The summed E-state index contributed by atoms with van der Waals surface area (Å²) in [6, 6.07) is 16.3. The highest BCUT2D eigenvalue weighted by Gasteiger charge is 2.14. The van der Waals surface area contributed by atoms with Gasteiger partial charge in [0.15, 0.2) is 17.1 Å². The highest BCUT2D eigenvalue weighted by atomic mass is 16.5. The molecule has 3 aromatic heterocycles. The van der Waals surface area contributed by atoms with Crippen LogP contribution >= 0.6 is 0 Å². The molecule has 144 valence electrons. The largest absolute Gasteiger partial charge is 0.485 e. The number of hydrogen-bond donors (Lipinski definition) is 0. The second kappa shape index (κ2) is 7.01. The predicted molar refractivity (Wildman–Crippen MR) is 110 cm³/mol. The summed E-state index contributed by atoms with van der Waals surface area (Å²) in [4.78, 5) is 9.21. The SMILES string of the molecule is Cc1cccc(C)c1OCc1nc2c3cnn(Cc4ccccc4)c3ncn2n1. The minimum absolute atomic E-state index is 0.299. The average Bonchev–Trinajstić information content (AvgIpc) is 3.32. The molecular weight excluding hydrogens is 364 g/mol. The van der Waals surface area contributed by atoms with E-state index in [-0.39, 0.29) is 0 Å². The molecule has 0 N–H and O–H groups in total. The number of nitrogens with zero attached hydrogens (tertiary/aromatic N) is 6. The first-order valence-electron chi connectivity index (χ1n) is 9.48. The zero-order valence-electron chi connectivity index (χ0n) is 16.3. The molecule has 0 saturated heterocycles. The Morgan fingerprint density at radius 3 is 2.52 bits per heavy atom. The van der Waals surface area contributed by atoms with E-state index >= 15 is 0 Å². The predicted octanol–water partition coefficient (Wildman–Crippen LogP) is 3.72. The minimum Gasteiger partial charge on any atom is -0.485 e. The molecule has 0 fully saturated rings. The van der Waals surface area contributed by atoms with Crippen LogP contribution in [0.5, 0.6) is 5.75 Å². The van der Waals surface area contributed by atoms with Gasteiger partial charge in [-0.25, -0.2) is 19.2 Å². The molecule has 0 radical (unpaired) electrons. The van der Waals surface area contributed by atoms with Crippen LogP contribution in [0.25, 0.3) is 16.7 Å². The van der Waals surface area contributed by atoms with E-state index in [1.165, 1.54) is 5.56 Å². The summed E-state index contributed by atoms with van der Waals surface area (Å²) < 4.78 is 9.56. The maximum atomic E-state index is 6.00. The van der Waals surface area contributed by atoms with Gasteiger partial charge >= 0.3 is 0 Å². The molecule has 0 aliphatic heterocycles. The van der Waals surface area contributed by atoms with Crippen LogP contribution in [0.4, 0.5) is 0 Å². The van der Waals surface area contributed by atoms with E-state index < -0.39 is 0 Å². The van der Waals surface area contributed by atoms with E-state index in [1.807, 2.05) is 54.9 Å². The van der Waals surface area contributed by atoms with Crippen molar-refractivity contribution in [3.8, 4) is 5.75 Å². The van der Waals surface area contributed by atoms with Crippen LogP contribution in [0.3, 0.4) is 0 Å². The molecule has 7 nitrogen and oxygen atoms in total. The molecular formula is C22H20N6O. The fourth-order valence-electron chi connectivity index (χ4n) is 3.51. The van der Waals surface area contributed by atoms with E-state index in [4.69, 9.17) is 4.74 Å². The maximum Gasteiger partial charge on any atom is 0.189 e. The molecule has 0 bridgehead atoms. The van der Waals surface area contributed by atoms with E-state index in [0.717, 1.165) is 33.6 Å². The van der Waals surface area contributed by atoms with Crippen molar-refractivity contribution in [3.63, 3.8) is 0 Å². The summed E-state index contributed by atoms with van der Waals surface area (Å²) in [5, 5.41) is 9.89. The van der Waals surface area contributed by atoms with Gasteiger partial charge in [0.25, 0.3) is 0 Å². The fourth-order valence-corrected chi connectivity index (χ4v) is 3.51. The average molecular weight is 384 g/mol. The highest BCUT2D eigenvalue weighted by molar-refractivity contribution is 5.88. The summed E-state index contributed by atoms with van der Waals surface area (Å²) in [5.74, 6) is 1.49. The van der Waals surface area contributed by atoms with Crippen LogP contribution in [0.15, 0.2) is 61.1 Å². The van der Waals surface area contributed by atoms with Gasteiger partial charge < -0.3 is 4.74 Å². The molecule has 5 aromatic rings. The Balaban J connectivity index is 1.45. The van der Waals surface area contributed by atoms with Crippen molar-refractivity contribution in [1.82, 2.24) is 29.4 Å². The van der Waals surface area contributed by atoms with E-state index in [9.17, 15) is 0 Å². The van der Waals surface area contributed by atoms with Gasteiger partial charge in [-0.15, -0.1) is 5.10 Å². The zero-order chi connectivity index (χ0) is 19.8. The molecule has 0 spiro atoms. The van der Waals surface area contributed by atoms with Gasteiger partial charge in [-0.05, 0) is 30.5 Å². The number of hydrogen-bond acceptors (Lipinski definition) is 5. The number of benzene rings is 2. The summed E-state index contributed by atoms with van der Waals surface area (Å²) in [7, 11) is 0. The van der Waals surface area contributed by atoms with Gasteiger partial charge in [0.1, 0.15) is 18.7 Å². The molecule has 0 saturated carbocycles. The van der Waals surface area contributed by atoms with Crippen molar-refractivity contribution in [1.29, 1.82) is 0 Å². The van der Waals surface area contributed by atoms with E-state index in [1.54, 1.807) is 17.0 Å². The molecule has 0 aliphatic carbocycles. The Kier molecular flexibility index (Phi) is 4.20. The third-order valence-corrected chi connectivity index (χ3v) is 4.95. The topological polar surface area (TPSA) is 70.1 Å².